The highest BCUT2D eigenvalue weighted by Crippen LogP contribution is 2.49. The molecule has 9 nitrogen and oxygen atoms in total. The fraction of sp³-hybridized carbons (Fsp3) is 0.379. The summed E-state index contributed by atoms with van der Waals surface area (Å²) >= 11 is 0. The van der Waals surface area contributed by atoms with E-state index in [0.717, 1.165) is 29.4 Å². The molecule has 1 unspecified atom stereocenters. The summed E-state index contributed by atoms with van der Waals surface area (Å²) in [4.78, 5) is 23.6. The predicted octanol–water partition coefficient (Wildman–Crippen LogP) is 5.57. The molecule has 2 saturated heterocycles. The summed E-state index contributed by atoms with van der Waals surface area (Å²) in [7, 11) is 0. The lowest BCUT2D eigenvalue weighted by molar-refractivity contribution is 0.0139. The largest absolute Gasteiger partial charge is 0.444 e. The van der Waals surface area contributed by atoms with Gasteiger partial charge in [-0.15, -0.1) is 0 Å². The predicted molar refractivity (Wildman–Crippen MR) is 145 cm³/mol. The molecule has 202 valence electrons. The lowest BCUT2D eigenvalue weighted by atomic mass is 9.82. The van der Waals surface area contributed by atoms with Crippen molar-refractivity contribution in [2.24, 2.45) is 5.92 Å². The van der Waals surface area contributed by atoms with Crippen LogP contribution in [-0.4, -0.2) is 56.0 Å². The molecule has 1 N–H and O–H groups in total. The zero-order valence-corrected chi connectivity index (χ0v) is 22.2. The first kappa shape index (κ1) is 25.2. The Balaban J connectivity index is 1.17. The Labute approximate surface area is 226 Å². The fourth-order valence-electron chi connectivity index (χ4n) is 5.15. The van der Waals surface area contributed by atoms with Crippen molar-refractivity contribution in [1.29, 1.82) is 0 Å². The molecule has 2 fully saturated rings. The van der Waals surface area contributed by atoms with Crippen LogP contribution in [0.4, 0.5) is 20.7 Å². The van der Waals surface area contributed by atoms with Crippen molar-refractivity contribution in [3.8, 4) is 5.69 Å². The van der Waals surface area contributed by atoms with Crippen LogP contribution in [0.3, 0.4) is 0 Å². The van der Waals surface area contributed by atoms with Gasteiger partial charge in [-0.2, -0.15) is 5.10 Å². The Kier molecular flexibility index (Phi) is 6.22. The van der Waals surface area contributed by atoms with E-state index in [4.69, 9.17) is 14.5 Å². The fourth-order valence-corrected chi connectivity index (χ4v) is 5.15. The van der Waals surface area contributed by atoms with Gasteiger partial charge in [0.1, 0.15) is 22.8 Å². The second kappa shape index (κ2) is 9.60. The first-order chi connectivity index (χ1) is 18.7. The summed E-state index contributed by atoms with van der Waals surface area (Å²) in [5.41, 5.74) is 1.61. The summed E-state index contributed by atoms with van der Waals surface area (Å²) in [6.07, 6.45) is 6.50. The number of aromatic nitrogens is 4. The number of anilines is 2. The number of amides is 1. The number of benzene rings is 1. The van der Waals surface area contributed by atoms with Crippen LogP contribution in [0.25, 0.3) is 16.6 Å². The third kappa shape index (κ3) is 5.16. The number of fused-ring (bicyclic) bond motifs is 1. The van der Waals surface area contributed by atoms with Crippen LogP contribution in [0.5, 0.6) is 0 Å². The summed E-state index contributed by atoms with van der Waals surface area (Å²) in [5, 5.41) is 8.09. The van der Waals surface area contributed by atoms with Crippen LogP contribution in [0.1, 0.15) is 39.3 Å². The highest BCUT2D eigenvalue weighted by molar-refractivity contribution is 5.81. The molecular weight excluding hydrogens is 499 g/mol. The number of hydrogen-bond acceptors (Lipinski definition) is 7. The minimum atomic E-state index is -0.512. The monoisotopic (exact) mass is 530 g/mol. The number of likely N-dealkylation sites (tertiary alicyclic amines) is 1. The number of nitrogens with zero attached hydrogens (tertiary/aromatic N) is 5. The van der Waals surface area contributed by atoms with Gasteiger partial charge >= 0.3 is 6.09 Å². The molecule has 0 spiro atoms. The molecule has 0 bridgehead atoms. The number of epoxide rings is 1. The van der Waals surface area contributed by atoms with Gasteiger partial charge in [-0.05, 0) is 69.9 Å². The SMILES string of the molecule is CC(C)(C)OC(=O)N1CCC(C2(c3ccc4cnc(Nc5ccc(-n6cccn6)cc5F)cc4n3)CO2)CC1. The van der Waals surface area contributed by atoms with Crippen LogP contribution >= 0.6 is 0 Å². The number of piperidine rings is 1. The van der Waals surface area contributed by atoms with E-state index in [1.807, 2.05) is 39.0 Å². The van der Waals surface area contributed by atoms with E-state index in [2.05, 4.69) is 15.4 Å². The average molecular weight is 531 g/mol. The van der Waals surface area contributed by atoms with Crippen molar-refractivity contribution in [2.75, 3.05) is 25.0 Å². The second-order valence-electron chi connectivity index (χ2n) is 11.1. The summed E-state index contributed by atoms with van der Waals surface area (Å²) in [5.74, 6) is 0.340. The van der Waals surface area contributed by atoms with Gasteiger partial charge in [0, 0.05) is 49.2 Å². The zero-order chi connectivity index (χ0) is 27.2. The molecule has 5 heterocycles. The van der Waals surface area contributed by atoms with E-state index in [1.165, 1.54) is 6.07 Å². The van der Waals surface area contributed by atoms with Crippen molar-refractivity contribution < 1.29 is 18.7 Å². The summed E-state index contributed by atoms with van der Waals surface area (Å²) in [6, 6.07) is 12.5. The van der Waals surface area contributed by atoms with Gasteiger partial charge in [0.15, 0.2) is 0 Å². The molecular formula is C29H31FN6O3. The van der Waals surface area contributed by atoms with Gasteiger partial charge in [-0.1, -0.05) is 0 Å². The number of nitrogens with one attached hydrogen (secondary N) is 1. The first-order valence-electron chi connectivity index (χ1n) is 13.2. The van der Waals surface area contributed by atoms with Crippen LogP contribution in [0.2, 0.25) is 0 Å². The number of carbonyl (C=O) groups excluding carboxylic acids is 1. The topological polar surface area (TPSA) is 97.7 Å². The van der Waals surface area contributed by atoms with E-state index >= 15 is 0 Å². The van der Waals surface area contributed by atoms with Gasteiger partial charge in [0.25, 0.3) is 0 Å². The van der Waals surface area contributed by atoms with Crippen molar-refractivity contribution >= 4 is 28.5 Å². The van der Waals surface area contributed by atoms with Gasteiger partial charge in [0.05, 0.1) is 29.2 Å². The molecule has 1 amide bonds. The van der Waals surface area contributed by atoms with E-state index < -0.39 is 17.0 Å². The van der Waals surface area contributed by atoms with Crippen LogP contribution in [-0.2, 0) is 15.1 Å². The minimum Gasteiger partial charge on any atom is -0.444 e. The normalized spacial score (nSPS) is 19.7. The number of hydrogen-bond donors (Lipinski definition) is 1. The van der Waals surface area contributed by atoms with E-state index in [0.29, 0.717) is 36.9 Å². The summed E-state index contributed by atoms with van der Waals surface area (Å²) < 4.78 is 28.0. The maximum Gasteiger partial charge on any atom is 0.410 e. The quantitative estimate of drug-likeness (QED) is 0.337. The molecule has 1 atom stereocenters. The highest BCUT2D eigenvalue weighted by Gasteiger charge is 2.54. The first-order valence-corrected chi connectivity index (χ1v) is 13.2. The Morgan fingerprint density at radius 2 is 1.97 bits per heavy atom. The lowest BCUT2D eigenvalue weighted by Gasteiger charge is -2.35. The molecule has 39 heavy (non-hydrogen) atoms. The van der Waals surface area contributed by atoms with Gasteiger partial charge in [-0.3, -0.25) is 0 Å². The van der Waals surface area contributed by atoms with Crippen LogP contribution in [0.15, 0.2) is 61.1 Å². The van der Waals surface area contributed by atoms with Crippen molar-refractivity contribution in [3.05, 3.63) is 72.6 Å². The van der Waals surface area contributed by atoms with Crippen molar-refractivity contribution in [2.45, 2.75) is 44.8 Å². The van der Waals surface area contributed by atoms with Crippen LogP contribution < -0.4 is 5.32 Å². The van der Waals surface area contributed by atoms with Crippen molar-refractivity contribution in [3.63, 3.8) is 0 Å². The Hall–Kier alpha value is -4.05. The van der Waals surface area contributed by atoms with E-state index in [1.54, 1.807) is 46.4 Å². The molecule has 3 aromatic heterocycles. The molecule has 10 heteroatoms. The average Bonchev–Trinajstić information content (AvgIpc) is 3.54. The minimum absolute atomic E-state index is 0.253. The zero-order valence-electron chi connectivity index (χ0n) is 22.2. The molecule has 4 aromatic rings. The standard InChI is InChI=1S/C29H31FN6O3/c1-28(2,3)39-27(37)35-13-9-20(10-14-35)29(18-38-29)25-8-5-19-17-31-26(16-24(19)33-25)34-23-7-6-21(15-22(23)30)36-12-4-11-32-36/h4-8,11-12,15-17,20H,9-10,13-14,18H2,1-3H3,(H,31,34). The third-order valence-electron chi connectivity index (χ3n) is 7.25. The molecule has 0 aliphatic carbocycles. The number of carbonyl (C=O) groups is 1. The number of rotatable bonds is 5. The Bertz CT molecular complexity index is 1510. The highest BCUT2D eigenvalue weighted by atomic mass is 19.1. The Morgan fingerprint density at radius 1 is 1.18 bits per heavy atom. The van der Waals surface area contributed by atoms with Gasteiger partial charge in [-0.25, -0.2) is 23.8 Å². The maximum absolute atomic E-state index is 14.8. The van der Waals surface area contributed by atoms with Crippen LogP contribution in [0, 0.1) is 11.7 Å². The Morgan fingerprint density at radius 3 is 2.64 bits per heavy atom. The van der Waals surface area contributed by atoms with Gasteiger partial charge < -0.3 is 19.7 Å². The molecule has 2 aliphatic heterocycles. The molecule has 2 aliphatic rings. The van der Waals surface area contributed by atoms with E-state index in [-0.39, 0.29) is 12.0 Å². The van der Waals surface area contributed by atoms with E-state index in [9.17, 15) is 9.18 Å². The number of ether oxygens (including phenoxy) is 2. The smallest absolute Gasteiger partial charge is 0.410 e. The molecule has 0 saturated carbocycles. The van der Waals surface area contributed by atoms with Gasteiger partial charge in [0.2, 0.25) is 0 Å². The second-order valence-corrected chi connectivity index (χ2v) is 11.1. The lowest BCUT2D eigenvalue weighted by Crippen LogP contribution is -2.44. The number of halogens is 1. The third-order valence-corrected chi connectivity index (χ3v) is 7.25. The summed E-state index contributed by atoms with van der Waals surface area (Å²) in [6.45, 7) is 7.49. The maximum atomic E-state index is 14.8. The molecule has 6 rings (SSSR count). The van der Waals surface area contributed by atoms with Crippen molar-refractivity contribution in [1.82, 2.24) is 24.6 Å². The molecule has 0 radical (unpaired) electrons. The number of pyridine rings is 2. The molecule has 1 aromatic carbocycles.